The van der Waals surface area contributed by atoms with Crippen molar-refractivity contribution in [3.05, 3.63) is 71.3 Å². The van der Waals surface area contributed by atoms with Gasteiger partial charge in [-0.15, -0.1) is 0 Å². The van der Waals surface area contributed by atoms with Gasteiger partial charge in [0.05, 0.1) is 0 Å². The van der Waals surface area contributed by atoms with E-state index in [0.29, 0.717) is 19.5 Å². The number of nitrogens with zero attached hydrogens (tertiary/aromatic N) is 1. The molecule has 1 atom stereocenters. The van der Waals surface area contributed by atoms with Crippen molar-refractivity contribution in [2.24, 2.45) is 5.92 Å². The standard InChI is InChI=1S/C20H20F2N2O2/c21-16-7-4-8-17(22)19(16)20(26)23-12-15-11-18(25)24(13-15)10-9-14-5-2-1-3-6-14/h1-8,15H,9-13H2,(H,23,26)/t15-/m0/s1. The Bertz CT molecular complexity index is 775. The molecule has 1 aliphatic heterocycles. The first kappa shape index (κ1) is 18.0. The number of hydrogen-bond donors (Lipinski definition) is 1. The first-order chi connectivity index (χ1) is 12.5. The van der Waals surface area contributed by atoms with Gasteiger partial charge in [0.15, 0.2) is 0 Å². The molecular formula is C20H20F2N2O2. The lowest BCUT2D eigenvalue weighted by Crippen LogP contribution is -2.32. The summed E-state index contributed by atoms with van der Waals surface area (Å²) >= 11 is 0. The molecule has 1 heterocycles. The van der Waals surface area contributed by atoms with Crippen LogP contribution in [0, 0.1) is 17.6 Å². The van der Waals surface area contributed by atoms with Crippen LogP contribution in [-0.4, -0.2) is 36.3 Å². The molecule has 0 bridgehead atoms. The molecular weight excluding hydrogens is 338 g/mol. The van der Waals surface area contributed by atoms with Gasteiger partial charge < -0.3 is 10.2 Å². The number of carbonyl (C=O) groups excluding carboxylic acids is 2. The van der Waals surface area contributed by atoms with E-state index in [2.05, 4.69) is 5.32 Å². The number of halogens is 2. The van der Waals surface area contributed by atoms with Crippen LogP contribution in [0.3, 0.4) is 0 Å². The molecule has 0 saturated carbocycles. The maximum absolute atomic E-state index is 13.6. The third kappa shape index (κ3) is 4.25. The zero-order valence-electron chi connectivity index (χ0n) is 14.3. The molecule has 1 saturated heterocycles. The van der Waals surface area contributed by atoms with Crippen LogP contribution in [0.5, 0.6) is 0 Å². The largest absolute Gasteiger partial charge is 0.351 e. The number of benzene rings is 2. The number of rotatable bonds is 6. The molecule has 0 aromatic heterocycles. The van der Waals surface area contributed by atoms with Crippen molar-refractivity contribution < 1.29 is 18.4 Å². The highest BCUT2D eigenvalue weighted by molar-refractivity contribution is 5.94. The maximum Gasteiger partial charge on any atom is 0.257 e. The van der Waals surface area contributed by atoms with Crippen LogP contribution in [0.25, 0.3) is 0 Å². The zero-order chi connectivity index (χ0) is 18.5. The number of likely N-dealkylation sites (tertiary alicyclic amines) is 1. The minimum absolute atomic E-state index is 0.0391. The van der Waals surface area contributed by atoms with Crippen LogP contribution in [-0.2, 0) is 11.2 Å². The average molecular weight is 358 g/mol. The molecule has 2 amide bonds. The number of nitrogens with one attached hydrogen (secondary N) is 1. The van der Waals surface area contributed by atoms with Gasteiger partial charge >= 0.3 is 0 Å². The van der Waals surface area contributed by atoms with Gasteiger partial charge in [0.2, 0.25) is 5.91 Å². The monoisotopic (exact) mass is 358 g/mol. The molecule has 6 heteroatoms. The van der Waals surface area contributed by atoms with Crippen LogP contribution >= 0.6 is 0 Å². The lowest BCUT2D eigenvalue weighted by atomic mass is 10.1. The van der Waals surface area contributed by atoms with Gasteiger partial charge in [-0.05, 0) is 24.1 Å². The van der Waals surface area contributed by atoms with Gasteiger partial charge in [-0.25, -0.2) is 8.78 Å². The van der Waals surface area contributed by atoms with Gasteiger partial charge in [-0.1, -0.05) is 36.4 Å². The van der Waals surface area contributed by atoms with Crippen molar-refractivity contribution in [3.63, 3.8) is 0 Å². The fraction of sp³-hybridized carbons (Fsp3) is 0.300. The Hall–Kier alpha value is -2.76. The van der Waals surface area contributed by atoms with Gasteiger partial charge in [0.1, 0.15) is 17.2 Å². The Morgan fingerprint density at radius 3 is 2.46 bits per heavy atom. The Morgan fingerprint density at radius 1 is 1.08 bits per heavy atom. The average Bonchev–Trinajstić information content (AvgIpc) is 2.99. The third-order valence-electron chi connectivity index (χ3n) is 4.55. The molecule has 0 unspecified atom stereocenters. The summed E-state index contributed by atoms with van der Waals surface area (Å²) in [6.45, 7) is 1.36. The van der Waals surface area contributed by atoms with Crippen LogP contribution in [0.1, 0.15) is 22.3 Å². The van der Waals surface area contributed by atoms with E-state index in [9.17, 15) is 18.4 Å². The first-order valence-corrected chi connectivity index (χ1v) is 8.58. The molecule has 136 valence electrons. The van der Waals surface area contributed by atoms with E-state index in [1.54, 1.807) is 4.90 Å². The lowest BCUT2D eigenvalue weighted by molar-refractivity contribution is -0.127. The predicted octanol–water partition coefficient (Wildman–Crippen LogP) is 2.79. The molecule has 0 radical (unpaired) electrons. The van der Waals surface area contributed by atoms with E-state index in [0.717, 1.165) is 24.1 Å². The number of carbonyl (C=O) groups is 2. The maximum atomic E-state index is 13.6. The fourth-order valence-corrected chi connectivity index (χ4v) is 3.16. The van der Waals surface area contributed by atoms with E-state index in [1.807, 2.05) is 30.3 Å². The van der Waals surface area contributed by atoms with Crippen LogP contribution in [0.2, 0.25) is 0 Å². The molecule has 26 heavy (non-hydrogen) atoms. The summed E-state index contributed by atoms with van der Waals surface area (Å²) in [4.78, 5) is 25.9. The van der Waals surface area contributed by atoms with Crippen molar-refractivity contribution in [3.8, 4) is 0 Å². The molecule has 1 fully saturated rings. The van der Waals surface area contributed by atoms with E-state index in [1.165, 1.54) is 6.07 Å². The highest BCUT2D eigenvalue weighted by Gasteiger charge is 2.29. The summed E-state index contributed by atoms with van der Waals surface area (Å²) in [7, 11) is 0. The van der Waals surface area contributed by atoms with Crippen molar-refractivity contribution in [2.75, 3.05) is 19.6 Å². The molecule has 0 spiro atoms. The third-order valence-corrected chi connectivity index (χ3v) is 4.55. The molecule has 3 rings (SSSR count). The fourth-order valence-electron chi connectivity index (χ4n) is 3.16. The van der Waals surface area contributed by atoms with Crippen molar-refractivity contribution in [1.82, 2.24) is 10.2 Å². The quantitative estimate of drug-likeness (QED) is 0.863. The molecule has 2 aromatic rings. The molecule has 2 aromatic carbocycles. The summed E-state index contributed by atoms with van der Waals surface area (Å²) in [5.41, 5.74) is 0.574. The Kier molecular flexibility index (Phi) is 5.61. The summed E-state index contributed by atoms with van der Waals surface area (Å²) < 4.78 is 27.2. The topological polar surface area (TPSA) is 49.4 Å². The molecule has 0 aliphatic carbocycles. The zero-order valence-corrected chi connectivity index (χ0v) is 14.3. The minimum atomic E-state index is -0.894. The Balaban J connectivity index is 1.50. The Labute approximate surface area is 150 Å². The first-order valence-electron chi connectivity index (χ1n) is 8.58. The second kappa shape index (κ2) is 8.08. The summed E-state index contributed by atoms with van der Waals surface area (Å²) in [5.74, 6) is -2.60. The van der Waals surface area contributed by atoms with E-state index < -0.39 is 23.1 Å². The van der Waals surface area contributed by atoms with Crippen molar-refractivity contribution in [1.29, 1.82) is 0 Å². The second-order valence-electron chi connectivity index (χ2n) is 6.45. The highest BCUT2D eigenvalue weighted by atomic mass is 19.1. The van der Waals surface area contributed by atoms with Crippen LogP contribution in [0.4, 0.5) is 8.78 Å². The van der Waals surface area contributed by atoms with E-state index in [-0.39, 0.29) is 18.4 Å². The van der Waals surface area contributed by atoms with Crippen molar-refractivity contribution in [2.45, 2.75) is 12.8 Å². The highest BCUT2D eigenvalue weighted by Crippen LogP contribution is 2.18. The summed E-state index contributed by atoms with van der Waals surface area (Å²) in [6.07, 6.45) is 1.10. The second-order valence-corrected chi connectivity index (χ2v) is 6.45. The smallest absolute Gasteiger partial charge is 0.257 e. The lowest BCUT2D eigenvalue weighted by Gasteiger charge is -2.17. The molecule has 1 N–H and O–H groups in total. The predicted molar refractivity (Wildman–Crippen MR) is 93.5 cm³/mol. The SMILES string of the molecule is O=C(NC[C@@H]1CC(=O)N(CCc2ccccc2)C1)c1c(F)cccc1F. The normalized spacial score (nSPS) is 16.8. The van der Waals surface area contributed by atoms with Crippen LogP contribution < -0.4 is 5.32 Å². The summed E-state index contributed by atoms with van der Waals surface area (Å²) in [6, 6.07) is 13.2. The van der Waals surface area contributed by atoms with Gasteiger partial charge in [-0.2, -0.15) is 0 Å². The number of hydrogen-bond acceptors (Lipinski definition) is 2. The molecule has 1 aliphatic rings. The molecule has 4 nitrogen and oxygen atoms in total. The minimum Gasteiger partial charge on any atom is -0.351 e. The van der Waals surface area contributed by atoms with E-state index in [4.69, 9.17) is 0 Å². The van der Waals surface area contributed by atoms with Gasteiger partial charge in [0.25, 0.3) is 5.91 Å². The van der Waals surface area contributed by atoms with Crippen molar-refractivity contribution >= 4 is 11.8 Å². The summed E-state index contributed by atoms with van der Waals surface area (Å²) in [5, 5.41) is 2.54. The van der Waals surface area contributed by atoms with E-state index >= 15 is 0 Å². The van der Waals surface area contributed by atoms with Crippen LogP contribution in [0.15, 0.2) is 48.5 Å². The number of amides is 2. The van der Waals surface area contributed by atoms with Gasteiger partial charge in [-0.3, -0.25) is 9.59 Å². The van der Waals surface area contributed by atoms with Gasteiger partial charge in [0, 0.05) is 32.0 Å². The Morgan fingerprint density at radius 2 is 1.77 bits per heavy atom.